The molecule has 0 amide bonds. The minimum absolute atomic E-state index is 0.0149. The van der Waals surface area contributed by atoms with Crippen LogP contribution < -0.4 is 5.43 Å². The Hall–Kier alpha value is -1.53. The maximum atomic E-state index is 14.0. The van der Waals surface area contributed by atoms with E-state index in [-0.39, 0.29) is 27.8 Å². The van der Waals surface area contributed by atoms with E-state index in [0.717, 1.165) is 6.07 Å². The third kappa shape index (κ3) is 2.30. The van der Waals surface area contributed by atoms with Crippen molar-refractivity contribution in [1.82, 2.24) is 4.57 Å². The molecule has 0 aliphatic carbocycles. The van der Waals surface area contributed by atoms with E-state index in [0.29, 0.717) is 17.0 Å². The molecule has 3 rings (SSSR count). The Morgan fingerprint density at radius 1 is 1.59 bits per heavy atom. The molecule has 0 spiro atoms. The Morgan fingerprint density at radius 3 is 3.00 bits per heavy atom. The molecule has 0 saturated carbocycles. The minimum Gasteiger partial charge on any atom is -0.462 e. The number of hydrogen-bond donors (Lipinski definition) is 0. The zero-order valence-corrected chi connectivity index (χ0v) is 13.6. The number of rotatable bonds is 2. The van der Waals surface area contributed by atoms with Crippen molar-refractivity contribution in [1.29, 1.82) is 0 Å². The number of ether oxygens (including phenoxy) is 1. The van der Waals surface area contributed by atoms with E-state index < -0.39 is 17.2 Å². The van der Waals surface area contributed by atoms with Crippen LogP contribution in [0, 0.1) is 5.82 Å². The Balaban J connectivity index is 2.38. The topological polar surface area (TPSA) is 48.3 Å². The van der Waals surface area contributed by atoms with E-state index in [1.54, 1.807) is 11.5 Å². The summed E-state index contributed by atoms with van der Waals surface area (Å²) in [6.07, 6.45) is 1.48. The van der Waals surface area contributed by atoms with Crippen molar-refractivity contribution in [3.8, 4) is 0 Å². The second-order valence-electron chi connectivity index (χ2n) is 5.07. The molecule has 1 aromatic heterocycles. The molecule has 0 fully saturated rings. The van der Waals surface area contributed by atoms with Crippen LogP contribution in [0.4, 0.5) is 4.39 Å². The van der Waals surface area contributed by atoms with E-state index >= 15 is 0 Å². The third-order valence-corrected chi connectivity index (χ3v) is 5.15. The molecule has 1 aliphatic heterocycles. The zero-order chi connectivity index (χ0) is 16.0. The summed E-state index contributed by atoms with van der Waals surface area (Å²) in [7, 11) is 0. The number of halogens is 2. The van der Waals surface area contributed by atoms with Gasteiger partial charge in [0.05, 0.1) is 27.4 Å². The number of nitrogens with zero attached hydrogens (tertiary/aromatic N) is 1. The van der Waals surface area contributed by atoms with Crippen LogP contribution in [0.1, 0.15) is 24.2 Å². The van der Waals surface area contributed by atoms with Gasteiger partial charge in [0.2, 0.25) is 5.43 Å². The second kappa shape index (κ2) is 5.59. The van der Waals surface area contributed by atoms with Crippen LogP contribution in [0.3, 0.4) is 0 Å². The summed E-state index contributed by atoms with van der Waals surface area (Å²) in [5, 5.41) is 0.315. The third-order valence-electron chi connectivity index (χ3n) is 3.48. The number of carbonyl (C=O) groups excluding carboxylic acids is 1. The first-order chi connectivity index (χ1) is 10.4. The maximum absolute atomic E-state index is 14.0. The van der Waals surface area contributed by atoms with E-state index in [4.69, 9.17) is 16.3 Å². The number of benzene rings is 1. The average Bonchev–Trinajstić information content (AvgIpc) is 2.47. The lowest BCUT2D eigenvalue weighted by Crippen LogP contribution is -2.25. The van der Waals surface area contributed by atoms with Crippen LogP contribution in [0.5, 0.6) is 0 Å². The quantitative estimate of drug-likeness (QED) is 0.785. The van der Waals surface area contributed by atoms with Crippen LogP contribution in [-0.2, 0) is 11.3 Å². The first-order valence-electron chi connectivity index (χ1n) is 6.83. The van der Waals surface area contributed by atoms with Gasteiger partial charge in [-0.25, -0.2) is 9.18 Å². The van der Waals surface area contributed by atoms with Crippen LogP contribution in [0.2, 0.25) is 5.02 Å². The maximum Gasteiger partial charge on any atom is 0.343 e. The fourth-order valence-electron chi connectivity index (χ4n) is 2.60. The predicted molar refractivity (Wildman–Crippen MR) is 84.5 cm³/mol. The fraction of sp³-hybridized carbons (Fsp3) is 0.333. The molecule has 0 bridgehead atoms. The molecule has 0 N–H and O–H groups in total. The van der Waals surface area contributed by atoms with Crippen molar-refractivity contribution in [3.05, 3.63) is 38.9 Å². The van der Waals surface area contributed by atoms with Gasteiger partial charge >= 0.3 is 5.97 Å². The monoisotopic (exact) mass is 341 g/mol. The van der Waals surface area contributed by atoms with E-state index in [2.05, 4.69) is 0 Å². The summed E-state index contributed by atoms with van der Waals surface area (Å²) in [6.45, 7) is 4.41. The number of pyridine rings is 1. The molecule has 116 valence electrons. The van der Waals surface area contributed by atoms with Gasteiger partial charge in [0.1, 0.15) is 11.4 Å². The highest BCUT2D eigenvalue weighted by Crippen LogP contribution is 2.41. The van der Waals surface area contributed by atoms with Crippen LogP contribution in [-0.4, -0.2) is 22.4 Å². The van der Waals surface area contributed by atoms with Gasteiger partial charge in [-0.3, -0.25) is 4.79 Å². The second-order valence-corrected chi connectivity index (χ2v) is 6.90. The smallest absolute Gasteiger partial charge is 0.343 e. The molecule has 22 heavy (non-hydrogen) atoms. The molecule has 1 aromatic carbocycles. The molecule has 2 heterocycles. The molecular weight excluding hydrogens is 329 g/mol. The average molecular weight is 342 g/mol. The fourth-order valence-corrected chi connectivity index (χ4v) is 4.05. The Labute approximate surface area is 135 Å². The molecule has 7 heteroatoms. The molecule has 1 atom stereocenters. The first kappa shape index (κ1) is 15.4. The van der Waals surface area contributed by atoms with Gasteiger partial charge < -0.3 is 9.30 Å². The highest BCUT2D eigenvalue weighted by molar-refractivity contribution is 8.00. The zero-order valence-electron chi connectivity index (χ0n) is 12.0. The lowest BCUT2D eigenvalue weighted by Gasteiger charge is -2.25. The minimum atomic E-state index is -0.694. The van der Waals surface area contributed by atoms with Crippen molar-refractivity contribution < 1.29 is 13.9 Å². The molecule has 2 aromatic rings. The number of aromatic nitrogens is 1. The van der Waals surface area contributed by atoms with Gasteiger partial charge in [0.15, 0.2) is 0 Å². The highest BCUT2D eigenvalue weighted by atomic mass is 35.5. The van der Waals surface area contributed by atoms with Crippen molar-refractivity contribution in [2.45, 2.75) is 30.5 Å². The van der Waals surface area contributed by atoms with Crippen LogP contribution in [0.15, 0.2) is 22.0 Å². The van der Waals surface area contributed by atoms with E-state index in [1.807, 2.05) is 6.92 Å². The normalized spacial score (nSPS) is 16.8. The highest BCUT2D eigenvalue weighted by Gasteiger charge is 2.26. The summed E-state index contributed by atoms with van der Waals surface area (Å²) in [6, 6.07) is 1.10. The molecule has 4 nitrogen and oxygen atoms in total. The van der Waals surface area contributed by atoms with Crippen molar-refractivity contribution in [3.63, 3.8) is 0 Å². The number of esters is 1. The lowest BCUT2D eigenvalue weighted by molar-refractivity contribution is 0.0524. The summed E-state index contributed by atoms with van der Waals surface area (Å²) in [4.78, 5) is 25.0. The Bertz CT molecular complexity index is 849. The van der Waals surface area contributed by atoms with E-state index in [9.17, 15) is 14.0 Å². The van der Waals surface area contributed by atoms with Gasteiger partial charge in [-0.1, -0.05) is 18.5 Å². The number of carbonyl (C=O) groups is 1. The summed E-state index contributed by atoms with van der Waals surface area (Å²) in [5.41, 5.74) is -0.0367. The summed E-state index contributed by atoms with van der Waals surface area (Å²) in [5.74, 6) is -1.35. The van der Waals surface area contributed by atoms with Crippen molar-refractivity contribution in [2.75, 3.05) is 6.61 Å². The Morgan fingerprint density at radius 2 is 2.32 bits per heavy atom. The molecular formula is C15H13ClFNO3S. The molecule has 1 aliphatic rings. The largest absolute Gasteiger partial charge is 0.462 e. The van der Waals surface area contributed by atoms with Gasteiger partial charge in [0, 0.05) is 18.0 Å². The van der Waals surface area contributed by atoms with Gasteiger partial charge in [-0.15, -0.1) is 11.8 Å². The lowest BCUT2D eigenvalue weighted by atomic mass is 10.1. The summed E-state index contributed by atoms with van der Waals surface area (Å²) >= 11 is 7.48. The predicted octanol–water partition coefficient (Wildman–Crippen LogP) is 3.46. The molecule has 0 radical (unpaired) electrons. The van der Waals surface area contributed by atoms with Gasteiger partial charge in [-0.2, -0.15) is 0 Å². The summed E-state index contributed by atoms with van der Waals surface area (Å²) < 4.78 is 20.7. The standard InChI is InChI=1S/C15H13ClFNO3S/c1-3-21-15(20)9-6-18-5-7(2)22-14-11(16)10(17)4-8(12(14)18)13(9)19/h4,6-7H,3,5H2,1-2H3. The first-order valence-corrected chi connectivity index (χ1v) is 8.08. The van der Waals surface area contributed by atoms with Crippen LogP contribution >= 0.6 is 23.4 Å². The van der Waals surface area contributed by atoms with Gasteiger partial charge in [-0.05, 0) is 13.0 Å². The number of hydrogen-bond acceptors (Lipinski definition) is 4. The molecule has 0 saturated heterocycles. The van der Waals surface area contributed by atoms with Crippen molar-refractivity contribution in [2.24, 2.45) is 0 Å². The molecule has 1 unspecified atom stereocenters. The van der Waals surface area contributed by atoms with Crippen molar-refractivity contribution >= 4 is 40.2 Å². The van der Waals surface area contributed by atoms with Crippen LogP contribution in [0.25, 0.3) is 10.9 Å². The van der Waals surface area contributed by atoms with Gasteiger partial charge in [0.25, 0.3) is 0 Å². The number of thioether (sulfide) groups is 1. The Kier molecular flexibility index (Phi) is 3.91. The SMILES string of the molecule is CCOC(=O)c1cn2c3c(c(Cl)c(F)cc3c1=O)SC(C)C2. The van der Waals surface area contributed by atoms with E-state index in [1.165, 1.54) is 18.0 Å².